The summed E-state index contributed by atoms with van der Waals surface area (Å²) in [7, 11) is -3.03. The molecule has 2 heterocycles. The molecular weight excluding hydrogens is 280 g/mol. The van der Waals surface area contributed by atoms with Crippen LogP contribution in [0.1, 0.15) is 32.6 Å². The van der Waals surface area contributed by atoms with E-state index in [-0.39, 0.29) is 35.3 Å². The van der Waals surface area contributed by atoms with Crippen LogP contribution in [0.15, 0.2) is 0 Å². The van der Waals surface area contributed by atoms with Crippen molar-refractivity contribution < 1.29 is 18.0 Å². The number of amides is 2. The highest BCUT2D eigenvalue weighted by molar-refractivity contribution is 7.91. The molecule has 7 heteroatoms. The Balaban J connectivity index is 1.92. The molecule has 2 rings (SSSR count). The fourth-order valence-electron chi connectivity index (χ4n) is 2.87. The average Bonchev–Trinajstić information content (AvgIpc) is 2.78. The first-order valence-corrected chi connectivity index (χ1v) is 9.02. The Kier molecular flexibility index (Phi) is 4.67. The molecule has 20 heavy (non-hydrogen) atoms. The van der Waals surface area contributed by atoms with Gasteiger partial charge in [0.1, 0.15) is 0 Å². The van der Waals surface area contributed by atoms with E-state index in [1.54, 1.807) is 11.8 Å². The maximum atomic E-state index is 12.3. The molecule has 0 radical (unpaired) electrons. The zero-order valence-corrected chi connectivity index (χ0v) is 12.6. The van der Waals surface area contributed by atoms with E-state index in [1.165, 1.54) is 0 Å². The number of hydrogen-bond donors (Lipinski definition) is 1. The predicted octanol–water partition coefficient (Wildman–Crippen LogP) is -0.0617. The molecule has 0 aromatic carbocycles. The van der Waals surface area contributed by atoms with Gasteiger partial charge in [-0.3, -0.25) is 9.59 Å². The lowest BCUT2D eigenvalue weighted by molar-refractivity contribution is -0.136. The van der Waals surface area contributed by atoms with Crippen molar-refractivity contribution in [2.45, 2.75) is 38.6 Å². The minimum Gasteiger partial charge on any atom is -0.352 e. The van der Waals surface area contributed by atoms with Gasteiger partial charge in [0.25, 0.3) is 0 Å². The molecule has 0 aromatic rings. The number of likely N-dealkylation sites (tertiary alicyclic amines) is 1. The van der Waals surface area contributed by atoms with Gasteiger partial charge in [-0.05, 0) is 19.3 Å². The molecule has 0 aromatic heterocycles. The highest BCUT2D eigenvalue weighted by Crippen LogP contribution is 2.22. The van der Waals surface area contributed by atoms with Crippen molar-refractivity contribution in [3.8, 4) is 0 Å². The number of nitrogens with one attached hydrogen (secondary N) is 1. The van der Waals surface area contributed by atoms with Gasteiger partial charge in [-0.1, -0.05) is 6.92 Å². The lowest BCUT2D eigenvalue weighted by Gasteiger charge is -2.34. The molecule has 0 aliphatic carbocycles. The van der Waals surface area contributed by atoms with E-state index in [0.717, 1.165) is 12.8 Å². The maximum absolute atomic E-state index is 12.3. The fourth-order valence-corrected chi connectivity index (χ4v) is 4.61. The summed E-state index contributed by atoms with van der Waals surface area (Å²) >= 11 is 0. The molecule has 1 N–H and O–H groups in total. The van der Waals surface area contributed by atoms with E-state index in [2.05, 4.69) is 5.32 Å². The number of hydrogen-bond acceptors (Lipinski definition) is 4. The smallest absolute Gasteiger partial charge is 0.226 e. The largest absolute Gasteiger partial charge is 0.352 e. The molecule has 6 nitrogen and oxygen atoms in total. The summed E-state index contributed by atoms with van der Waals surface area (Å²) in [6, 6.07) is -0.00170. The Morgan fingerprint density at radius 3 is 2.65 bits per heavy atom. The molecule has 2 aliphatic rings. The Morgan fingerprint density at radius 1 is 1.30 bits per heavy atom. The Morgan fingerprint density at radius 2 is 2.05 bits per heavy atom. The highest BCUT2D eigenvalue weighted by Gasteiger charge is 2.36. The van der Waals surface area contributed by atoms with Crippen LogP contribution >= 0.6 is 0 Å². The molecule has 0 saturated carbocycles. The second-order valence-corrected chi connectivity index (χ2v) is 7.87. The van der Waals surface area contributed by atoms with Crippen LogP contribution < -0.4 is 5.32 Å². The molecule has 2 saturated heterocycles. The van der Waals surface area contributed by atoms with Crippen molar-refractivity contribution in [1.29, 1.82) is 0 Å². The minimum absolute atomic E-state index is 0.00170. The summed E-state index contributed by atoms with van der Waals surface area (Å²) in [5, 5.41) is 2.91. The first-order valence-electron chi connectivity index (χ1n) is 7.20. The minimum atomic E-state index is -3.03. The third-order valence-corrected chi connectivity index (χ3v) is 5.77. The molecule has 0 spiro atoms. The number of rotatable bonds is 3. The lowest BCUT2D eigenvalue weighted by Crippen LogP contribution is -2.51. The number of piperidine rings is 1. The van der Waals surface area contributed by atoms with Gasteiger partial charge >= 0.3 is 0 Å². The summed E-state index contributed by atoms with van der Waals surface area (Å²) < 4.78 is 22.9. The van der Waals surface area contributed by atoms with Crippen LogP contribution in [0, 0.1) is 5.92 Å². The van der Waals surface area contributed by atoms with Gasteiger partial charge in [0.15, 0.2) is 9.84 Å². The van der Waals surface area contributed by atoms with E-state index < -0.39 is 9.84 Å². The van der Waals surface area contributed by atoms with Crippen molar-refractivity contribution in [2.75, 3.05) is 24.6 Å². The summed E-state index contributed by atoms with van der Waals surface area (Å²) in [5.74, 6) is -0.364. The molecule has 2 fully saturated rings. The van der Waals surface area contributed by atoms with Crippen LogP contribution in [0.2, 0.25) is 0 Å². The number of carbonyl (C=O) groups excluding carboxylic acids is 2. The Bertz CT molecular complexity index is 489. The van der Waals surface area contributed by atoms with Crippen molar-refractivity contribution in [3.63, 3.8) is 0 Å². The van der Waals surface area contributed by atoms with Gasteiger partial charge in [0, 0.05) is 25.6 Å². The molecule has 2 aliphatic heterocycles. The topological polar surface area (TPSA) is 83.6 Å². The van der Waals surface area contributed by atoms with E-state index in [0.29, 0.717) is 25.9 Å². The Hall–Kier alpha value is -1.11. The van der Waals surface area contributed by atoms with Gasteiger partial charge in [-0.25, -0.2) is 8.42 Å². The monoisotopic (exact) mass is 302 g/mol. The van der Waals surface area contributed by atoms with E-state index in [9.17, 15) is 18.0 Å². The van der Waals surface area contributed by atoms with Crippen LogP contribution in [0.4, 0.5) is 0 Å². The average molecular weight is 302 g/mol. The zero-order chi connectivity index (χ0) is 14.8. The van der Waals surface area contributed by atoms with Crippen molar-refractivity contribution >= 4 is 21.7 Å². The van der Waals surface area contributed by atoms with Crippen LogP contribution in [-0.2, 0) is 19.4 Å². The van der Waals surface area contributed by atoms with Crippen molar-refractivity contribution in [2.24, 2.45) is 5.92 Å². The normalized spacial score (nSPS) is 29.1. The van der Waals surface area contributed by atoms with Gasteiger partial charge in [0.2, 0.25) is 11.8 Å². The quantitative estimate of drug-likeness (QED) is 0.791. The lowest BCUT2D eigenvalue weighted by atomic mass is 10.0. The second kappa shape index (κ2) is 6.11. The molecule has 114 valence electrons. The third-order valence-electron chi connectivity index (χ3n) is 4.00. The molecule has 2 atom stereocenters. The summed E-state index contributed by atoms with van der Waals surface area (Å²) in [6.07, 6.45) is 2.59. The third kappa shape index (κ3) is 3.71. The SMILES string of the molecule is CCC(=O)N[C@H]1CCCN(C(=O)[C@@H]2CCS(=O)(=O)C2)C1. The van der Waals surface area contributed by atoms with Crippen molar-refractivity contribution in [3.05, 3.63) is 0 Å². The summed E-state index contributed by atoms with van der Waals surface area (Å²) in [5.41, 5.74) is 0. The van der Waals surface area contributed by atoms with Gasteiger partial charge in [0.05, 0.1) is 17.4 Å². The number of nitrogens with zero attached hydrogens (tertiary/aromatic N) is 1. The standard InChI is InChI=1S/C13H22N2O4S/c1-2-12(16)14-11-4-3-6-15(8-11)13(17)10-5-7-20(18,19)9-10/h10-11H,2-9H2,1H3,(H,14,16)/t10-,11+/m1/s1. The van der Waals surface area contributed by atoms with Crippen LogP contribution in [0.25, 0.3) is 0 Å². The van der Waals surface area contributed by atoms with Crippen molar-refractivity contribution in [1.82, 2.24) is 10.2 Å². The predicted molar refractivity (Wildman–Crippen MR) is 74.8 cm³/mol. The van der Waals surface area contributed by atoms with Crippen LogP contribution in [-0.4, -0.2) is 55.8 Å². The first kappa shape index (κ1) is 15.3. The molecule has 2 amide bonds. The summed E-state index contributed by atoms with van der Waals surface area (Å²) in [6.45, 7) is 2.96. The zero-order valence-electron chi connectivity index (χ0n) is 11.8. The summed E-state index contributed by atoms with van der Waals surface area (Å²) in [4.78, 5) is 25.5. The number of sulfone groups is 1. The fraction of sp³-hybridized carbons (Fsp3) is 0.846. The maximum Gasteiger partial charge on any atom is 0.226 e. The first-order chi connectivity index (χ1) is 9.41. The van der Waals surface area contributed by atoms with Gasteiger partial charge in [-0.15, -0.1) is 0 Å². The number of carbonyl (C=O) groups is 2. The Labute approximate surface area is 119 Å². The highest BCUT2D eigenvalue weighted by atomic mass is 32.2. The molecular formula is C13H22N2O4S. The van der Waals surface area contributed by atoms with E-state index in [1.807, 2.05) is 0 Å². The van der Waals surface area contributed by atoms with Gasteiger partial charge < -0.3 is 10.2 Å². The van der Waals surface area contributed by atoms with Crippen LogP contribution in [0.3, 0.4) is 0 Å². The molecule has 0 bridgehead atoms. The van der Waals surface area contributed by atoms with E-state index in [4.69, 9.17) is 0 Å². The molecule has 0 unspecified atom stereocenters. The van der Waals surface area contributed by atoms with Crippen LogP contribution in [0.5, 0.6) is 0 Å². The van der Waals surface area contributed by atoms with Gasteiger partial charge in [-0.2, -0.15) is 0 Å². The second-order valence-electron chi connectivity index (χ2n) is 5.64. The van der Waals surface area contributed by atoms with E-state index >= 15 is 0 Å².